The predicted octanol–water partition coefficient (Wildman–Crippen LogP) is 5.72. The van der Waals surface area contributed by atoms with Gasteiger partial charge in [0.15, 0.2) is 17.3 Å². The first-order valence-corrected chi connectivity index (χ1v) is 21.7. The minimum atomic E-state index is -1.13. The summed E-state index contributed by atoms with van der Waals surface area (Å²) in [6.45, 7) is 1.66. The van der Waals surface area contributed by atoms with Crippen LogP contribution in [0.15, 0.2) is 53.6 Å². The molecule has 0 unspecified atom stereocenters. The van der Waals surface area contributed by atoms with Gasteiger partial charge < -0.3 is 41.4 Å². The molecule has 10 nitrogen and oxygen atoms in total. The molecule has 4 aliphatic carbocycles. The molecule has 1 aromatic heterocycles. The van der Waals surface area contributed by atoms with Crippen LogP contribution in [-0.2, 0) is 22.4 Å². The number of aromatic hydroxyl groups is 1. The predicted molar refractivity (Wildman–Crippen MR) is 219 cm³/mol. The van der Waals surface area contributed by atoms with Crippen molar-refractivity contribution in [3.63, 3.8) is 0 Å². The number of aliphatic hydroxyl groups is 2. The van der Waals surface area contributed by atoms with Crippen molar-refractivity contribution in [2.45, 2.75) is 127 Å². The molecule has 1 aromatic carbocycles. The second-order valence-electron chi connectivity index (χ2n) is 18.2. The third-order valence-electron chi connectivity index (χ3n) is 15.0. The molecule has 2 aliphatic heterocycles. The summed E-state index contributed by atoms with van der Waals surface area (Å²) in [4.78, 5) is 29.6. The van der Waals surface area contributed by atoms with Gasteiger partial charge in [-0.1, -0.05) is 11.8 Å². The number of aryl methyl sites for hydroxylation is 1. The molecule has 3 heterocycles. The standard InChI is InChI=1S/C47H62N4O6/c1-57-43-20-33-5-11-44(55)47(16-13-32(21-45(47)56)30-4-9-38-35(19-30)27-50-41-23-37(53)8-10-39(38)41)15-12-29(40(33)24-42(43)54)2-6-36(52)7-3-31-22-46(48)51-26-34(31)18-28-14-17-49-25-28/h14,17,20,22,24-25,29-30,32,35-36,38-39,41,45,49-52,54,56H,2-11,13,16,18-19,21,23,26-27,48H2,1H3/t29-,30-,32-,35-,36-,38-,39+,41+,45+,47+/m0/s1. The second kappa shape index (κ2) is 17.1. The number of phenolic OH excluding ortho intramolecular Hbond substituents is 1. The van der Waals surface area contributed by atoms with E-state index < -0.39 is 17.6 Å². The van der Waals surface area contributed by atoms with Gasteiger partial charge in [0.2, 0.25) is 0 Å². The minimum Gasteiger partial charge on any atom is -0.504 e. The molecule has 2 aromatic rings. The molecule has 8 rings (SSSR count). The number of hydrogen-bond donors (Lipinski definition) is 7. The van der Waals surface area contributed by atoms with E-state index >= 15 is 0 Å². The Morgan fingerprint density at radius 2 is 1.89 bits per heavy atom. The van der Waals surface area contributed by atoms with Crippen LogP contribution >= 0.6 is 0 Å². The number of aromatic amines is 1. The van der Waals surface area contributed by atoms with E-state index in [9.17, 15) is 24.9 Å². The highest BCUT2D eigenvalue weighted by Crippen LogP contribution is 2.51. The highest BCUT2D eigenvalue weighted by molar-refractivity contribution is 5.89. The molecule has 1 spiro atoms. The number of H-pyrrole nitrogens is 1. The van der Waals surface area contributed by atoms with Crippen molar-refractivity contribution in [1.82, 2.24) is 15.6 Å². The molecule has 10 atom stereocenters. The van der Waals surface area contributed by atoms with Crippen LogP contribution in [0.3, 0.4) is 0 Å². The summed E-state index contributed by atoms with van der Waals surface area (Å²) < 4.78 is 5.48. The summed E-state index contributed by atoms with van der Waals surface area (Å²) in [5.74, 6) is 10.8. The number of Topliss-reactive ketones (excluding diaryl/α,β-unsaturated/α-hetero) is 2. The number of methoxy groups -OCH3 is 1. The lowest BCUT2D eigenvalue weighted by atomic mass is 9.57. The van der Waals surface area contributed by atoms with Crippen LogP contribution in [-0.4, -0.2) is 70.3 Å². The Kier molecular flexibility index (Phi) is 11.9. The summed E-state index contributed by atoms with van der Waals surface area (Å²) in [7, 11) is 1.52. The maximum atomic E-state index is 14.3. The third kappa shape index (κ3) is 8.44. The number of allylic oxidation sites excluding steroid dienone is 2. The summed E-state index contributed by atoms with van der Waals surface area (Å²) in [6, 6.07) is 5.97. The molecule has 57 heavy (non-hydrogen) atoms. The fourth-order valence-corrected chi connectivity index (χ4v) is 11.7. The topological polar surface area (TPSA) is 170 Å². The average Bonchev–Trinajstić information content (AvgIpc) is 3.74. The van der Waals surface area contributed by atoms with Crippen molar-refractivity contribution in [2.75, 3.05) is 20.2 Å². The molecule has 3 saturated carbocycles. The fraction of sp³-hybridized carbons (Fsp3) is 0.617. The SMILES string of the molecule is COc1cc2c(cc1O)[C@@H](CC[C@H](O)CCC1=C(Cc3cc[nH]c3)CNC(N)=C1)C#C[C@@]1(CC[C@H]([C@H]3CC[C@H]4[C@H](CN[C@@H]5CC(=O)CC[C@H]45)C3)C[C@H]1O)C(=O)CC2. The molecule has 0 radical (unpaired) electrons. The van der Waals surface area contributed by atoms with E-state index in [1.807, 2.05) is 24.5 Å². The first-order valence-electron chi connectivity index (χ1n) is 21.7. The van der Waals surface area contributed by atoms with Gasteiger partial charge in [0.25, 0.3) is 0 Å². The molecule has 8 N–H and O–H groups in total. The third-order valence-corrected chi connectivity index (χ3v) is 15.0. The minimum absolute atomic E-state index is 0.00396. The van der Waals surface area contributed by atoms with Crippen molar-refractivity contribution in [3.8, 4) is 23.3 Å². The van der Waals surface area contributed by atoms with Crippen LogP contribution in [0.25, 0.3) is 0 Å². The maximum absolute atomic E-state index is 14.3. The molecule has 6 aliphatic rings. The smallest absolute Gasteiger partial charge is 0.160 e. The van der Waals surface area contributed by atoms with Crippen molar-refractivity contribution in [2.24, 2.45) is 40.7 Å². The zero-order valence-electron chi connectivity index (χ0n) is 33.5. The molecule has 10 heteroatoms. The van der Waals surface area contributed by atoms with Gasteiger partial charge in [-0.05, 0) is 172 Å². The van der Waals surface area contributed by atoms with Crippen LogP contribution in [0.1, 0.15) is 112 Å². The number of carbonyl (C=O) groups is 2. The van der Waals surface area contributed by atoms with E-state index in [4.69, 9.17) is 10.5 Å². The van der Waals surface area contributed by atoms with E-state index in [-0.39, 0.29) is 23.9 Å². The molecular weight excluding hydrogens is 717 g/mol. The normalized spacial score (nSPS) is 33.3. The summed E-state index contributed by atoms with van der Waals surface area (Å²) in [5.41, 5.74) is 10.4. The number of benzene rings is 1. The first kappa shape index (κ1) is 39.8. The van der Waals surface area contributed by atoms with Crippen molar-refractivity contribution in [1.29, 1.82) is 0 Å². The Morgan fingerprint density at radius 1 is 1.04 bits per heavy atom. The lowest BCUT2D eigenvalue weighted by molar-refractivity contribution is -0.135. The van der Waals surface area contributed by atoms with Crippen molar-refractivity contribution < 1.29 is 29.6 Å². The lowest BCUT2D eigenvalue weighted by Crippen LogP contribution is -2.55. The van der Waals surface area contributed by atoms with E-state index in [2.05, 4.69) is 33.5 Å². The zero-order chi connectivity index (χ0) is 39.7. The number of carbonyl (C=O) groups excluding carboxylic acids is 2. The summed E-state index contributed by atoms with van der Waals surface area (Å²) in [5, 5.41) is 41.3. The van der Waals surface area contributed by atoms with Crippen LogP contribution < -0.4 is 21.1 Å². The monoisotopic (exact) mass is 778 g/mol. The van der Waals surface area contributed by atoms with Crippen LogP contribution in [0, 0.1) is 46.8 Å². The number of aliphatic hydroxyl groups excluding tert-OH is 2. The first-order chi connectivity index (χ1) is 27.6. The molecule has 1 saturated heterocycles. The zero-order valence-corrected chi connectivity index (χ0v) is 33.5. The van der Waals surface area contributed by atoms with Gasteiger partial charge in [0, 0.05) is 50.2 Å². The number of nitrogens with one attached hydrogen (secondary N) is 3. The van der Waals surface area contributed by atoms with Gasteiger partial charge >= 0.3 is 0 Å². The summed E-state index contributed by atoms with van der Waals surface area (Å²) >= 11 is 0. The van der Waals surface area contributed by atoms with E-state index in [1.165, 1.54) is 24.7 Å². The van der Waals surface area contributed by atoms with E-state index in [1.54, 1.807) is 6.07 Å². The number of hydrogen-bond acceptors (Lipinski definition) is 9. The Balaban J connectivity index is 0.965. The number of nitrogens with two attached hydrogens (primary N) is 1. The number of piperidine rings is 1. The van der Waals surface area contributed by atoms with Gasteiger partial charge in [0.1, 0.15) is 11.2 Å². The molecule has 0 amide bonds. The van der Waals surface area contributed by atoms with Gasteiger partial charge in [-0.2, -0.15) is 0 Å². The molecular formula is C47H62N4O6. The Labute approximate surface area is 337 Å². The Hall–Kier alpha value is -4.04. The van der Waals surface area contributed by atoms with Crippen LogP contribution in [0.2, 0.25) is 0 Å². The molecule has 0 bridgehead atoms. The van der Waals surface area contributed by atoms with E-state index in [0.29, 0.717) is 111 Å². The van der Waals surface area contributed by atoms with Gasteiger partial charge in [-0.25, -0.2) is 0 Å². The van der Waals surface area contributed by atoms with Crippen LogP contribution in [0.5, 0.6) is 11.5 Å². The van der Waals surface area contributed by atoms with Gasteiger partial charge in [-0.15, -0.1) is 0 Å². The highest BCUT2D eigenvalue weighted by atomic mass is 16.5. The highest BCUT2D eigenvalue weighted by Gasteiger charge is 2.51. The number of rotatable bonds is 10. The average molecular weight is 779 g/mol. The number of dihydropyridines is 1. The van der Waals surface area contributed by atoms with Crippen molar-refractivity contribution >= 4 is 11.6 Å². The van der Waals surface area contributed by atoms with Crippen molar-refractivity contribution in [3.05, 3.63) is 70.3 Å². The number of phenols is 1. The van der Waals surface area contributed by atoms with Crippen LogP contribution in [0.4, 0.5) is 0 Å². The number of aromatic nitrogens is 1. The van der Waals surface area contributed by atoms with Gasteiger partial charge in [-0.3, -0.25) is 9.59 Å². The Bertz CT molecular complexity index is 1930. The quantitative estimate of drug-likeness (QED) is 0.149. The maximum Gasteiger partial charge on any atom is 0.160 e. The van der Waals surface area contributed by atoms with Gasteiger partial charge in [0.05, 0.1) is 25.1 Å². The lowest BCUT2D eigenvalue weighted by Gasteiger charge is -2.51. The Morgan fingerprint density at radius 3 is 2.70 bits per heavy atom. The summed E-state index contributed by atoms with van der Waals surface area (Å²) in [6.07, 6.45) is 16.2. The van der Waals surface area contributed by atoms with E-state index in [0.717, 1.165) is 61.8 Å². The second-order valence-corrected chi connectivity index (χ2v) is 18.2. The number of ketones is 2. The fourth-order valence-electron chi connectivity index (χ4n) is 11.7. The molecule has 4 fully saturated rings. The largest absolute Gasteiger partial charge is 0.504 e. The number of fused-ring (bicyclic) bond motifs is 4. The number of ether oxygens (including phenoxy) is 1. The molecule has 306 valence electrons.